The van der Waals surface area contributed by atoms with Gasteiger partial charge in [0, 0.05) is 49.6 Å². The van der Waals surface area contributed by atoms with Gasteiger partial charge < -0.3 is 15.2 Å². The third kappa shape index (κ3) is 3.20. The van der Waals surface area contributed by atoms with Crippen LogP contribution < -0.4 is 5.32 Å². The highest BCUT2D eigenvalue weighted by Gasteiger charge is 2.47. The second kappa shape index (κ2) is 7.38. The Labute approximate surface area is 175 Å². The second-order valence-electron chi connectivity index (χ2n) is 9.20. The third-order valence-corrected chi connectivity index (χ3v) is 7.47. The molecule has 3 aliphatic rings. The van der Waals surface area contributed by atoms with Crippen molar-refractivity contribution in [1.82, 2.24) is 20.1 Å². The summed E-state index contributed by atoms with van der Waals surface area (Å²) in [5, 5.41) is 3.63. The van der Waals surface area contributed by atoms with Crippen LogP contribution in [0.5, 0.6) is 0 Å². The summed E-state index contributed by atoms with van der Waals surface area (Å²) in [6, 6.07) is 5.93. The van der Waals surface area contributed by atoms with Crippen LogP contribution in [0, 0.1) is 12.7 Å². The van der Waals surface area contributed by atoms with Crippen LogP contribution in [0.25, 0.3) is 10.9 Å². The van der Waals surface area contributed by atoms with Gasteiger partial charge in [-0.15, -0.1) is 0 Å². The molecule has 1 aromatic carbocycles. The van der Waals surface area contributed by atoms with Crippen LogP contribution in [0.2, 0.25) is 0 Å². The number of H-pyrrole nitrogens is 1. The summed E-state index contributed by atoms with van der Waals surface area (Å²) in [6.07, 6.45) is 5.70. The Morgan fingerprint density at radius 3 is 2.87 bits per heavy atom. The summed E-state index contributed by atoms with van der Waals surface area (Å²) in [6.45, 7) is 2.93. The van der Waals surface area contributed by atoms with Gasteiger partial charge in [0.25, 0.3) is 5.91 Å². The van der Waals surface area contributed by atoms with Crippen molar-refractivity contribution in [2.24, 2.45) is 0 Å². The minimum Gasteiger partial charge on any atom is -0.350 e. The highest BCUT2D eigenvalue weighted by molar-refractivity contribution is 5.99. The molecule has 0 spiro atoms. The van der Waals surface area contributed by atoms with Gasteiger partial charge in [-0.2, -0.15) is 0 Å². The quantitative estimate of drug-likeness (QED) is 0.815. The molecule has 2 aromatic rings. The molecular weight excluding hydrogens is 383 g/mol. The zero-order chi connectivity index (χ0) is 21.0. The van der Waals surface area contributed by atoms with E-state index < -0.39 is 0 Å². The van der Waals surface area contributed by atoms with E-state index in [1.54, 1.807) is 12.1 Å². The Morgan fingerprint density at radius 2 is 2.07 bits per heavy atom. The van der Waals surface area contributed by atoms with Crippen molar-refractivity contribution in [1.29, 1.82) is 0 Å². The fourth-order valence-electron chi connectivity index (χ4n) is 5.83. The number of halogens is 1. The molecule has 0 unspecified atom stereocenters. The first-order valence-corrected chi connectivity index (χ1v) is 11.0. The monoisotopic (exact) mass is 412 g/mol. The second-order valence-corrected chi connectivity index (χ2v) is 9.20. The number of fused-ring (bicyclic) bond motifs is 2. The standard InChI is InChI=1S/C23H29FN4O2/c1-13-6-7-17(24)16-11-18(26-22(13)16)23(30)25-14-4-3-5-15(10-14)28-9-8-19-20(28)12-21(29)27(19)2/h6-7,11,14-15,19-20,26H,3-5,8-10,12H2,1-2H3,(H,25,30)/t14-,15-,19-,20-/m1/s1. The minimum absolute atomic E-state index is 0.0995. The van der Waals surface area contributed by atoms with E-state index in [9.17, 15) is 14.0 Å². The van der Waals surface area contributed by atoms with Gasteiger partial charge in [0.1, 0.15) is 11.5 Å². The van der Waals surface area contributed by atoms with Gasteiger partial charge in [0.15, 0.2) is 0 Å². The average Bonchev–Trinajstić information content (AvgIpc) is 3.42. The Kier molecular flexibility index (Phi) is 4.81. The van der Waals surface area contributed by atoms with E-state index in [0.717, 1.165) is 44.2 Å². The molecule has 3 fully saturated rings. The smallest absolute Gasteiger partial charge is 0.267 e. The number of aromatic nitrogens is 1. The molecule has 6 nitrogen and oxygen atoms in total. The lowest BCUT2D eigenvalue weighted by atomic mass is 9.89. The van der Waals surface area contributed by atoms with Crippen molar-refractivity contribution in [3.63, 3.8) is 0 Å². The fraction of sp³-hybridized carbons (Fsp3) is 0.565. The average molecular weight is 413 g/mol. The number of nitrogens with zero attached hydrogens (tertiary/aromatic N) is 2. The molecule has 2 N–H and O–H groups in total. The third-order valence-electron chi connectivity index (χ3n) is 7.47. The number of amides is 2. The van der Waals surface area contributed by atoms with Crippen LogP contribution in [0.1, 0.15) is 54.6 Å². The number of hydrogen-bond acceptors (Lipinski definition) is 3. The molecule has 30 heavy (non-hydrogen) atoms. The summed E-state index contributed by atoms with van der Waals surface area (Å²) < 4.78 is 14.1. The number of aryl methyl sites for hydroxylation is 1. The number of carbonyl (C=O) groups is 2. The van der Waals surface area contributed by atoms with Crippen molar-refractivity contribution in [2.45, 2.75) is 69.6 Å². The lowest BCUT2D eigenvalue weighted by Crippen LogP contribution is -2.48. The fourth-order valence-corrected chi connectivity index (χ4v) is 5.83. The molecule has 2 amide bonds. The molecule has 1 saturated carbocycles. The SMILES string of the molecule is Cc1ccc(F)c2cc(C(=O)N[C@@H]3CCC[C@@H](N4CC[C@@H]5[C@H]4CC(=O)N5C)C3)[nH]c12. The summed E-state index contributed by atoms with van der Waals surface area (Å²) in [5.41, 5.74) is 2.01. The maximum Gasteiger partial charge on any atom is 0.267 e. The van der Waals surface area contributed by atoms with E-state index in [0.29, 0.717) is 41.1 Å². The predicted molar refractivity (Wildman–Crippen MR) is 113 cm³/mol. The zero-order valence-corrected chi connectivity index (χ0v) is 17.6. The number of nitrogens with one attached hydrogen (secondary N) is 2. The largest absolute Gasteiger partial charge is 0.350 e. The number of carbonyl (C=O) groups excluding carboxylic acids is 2. The van der Waals surface area contributed by atoms with Gasteiger partial charge in [-0.1, -0.05) is 6.07 Å². The Morgan fingerprint density at radius 1 is 1.23 bits per heavy atom. The van der Waals surface area contributed by atoms with Gasteiger partial charge in [0.2, 0.25) is 5.91 Å². The van der Waals surface area contributed by atoms with Crippen LogP contribution >= 0.6 is 0 Å². The van der Waals surface area contributed by atoms with Gasteiger partial charge in [0.05, 0.1) is 5.52 Å². The molecule has 0 bridgehead atoms. The van der Waals surface area contributed by atoms with Gasteiger partial charge >= 0.3 is 0 Å². The highest BCUT2D eigenvalue weighted by Crippen LogP contribution is 2.36. The van der Waals surface area contributed by atoms with Crippen LogP contribution in [0.4, 0.5) is 4.39 Å². The maximum atomic E-state index is 14.1. The van der Waals surface area contributed by atoms with Crippen LogP contribution in [0.3, 0.4) is 0 Å². The lowest BCUT2D eigenvalue weighted by molar-refractivity contribution is -0.127. The Balaban J connectivity index is 1.27. The van der Waals surface area contributed by atoms with Crippen LogP contribution in [-0.2, 0) is 4.79 Å². The van der Waals surface area contributed by atoms with Crippen LogP contribution in [0.15, 0.2) is 18.2 Å². The predicted octanol–water partition coefficient (Wildman–Crippen LogP) is 2.96. The number of aromatic amines is 1. The number of rotatable bonds is 3. The van der Waals surface area contributed by atoms with Gasteiger partial charge in [-0.3, -0.25) is 14.5 Å². The number of likely N-dealkylation sites (tertiary alicyclic amines) is 2. The molecular formula is C23H29FN4O2. The van der Waals surface area contributed by atoms with Crippen molar-refractivity contribution >= 4 is 22.7 Å². The first kappa shape index (κ1) is 19.5. The summed E-state index contributed by atoms with van der Waals surface area (Å²) >= 11 is 0. The number of likely N-dealkylation sites (N-methyl/N-ethyl adjacent to an activating group) is 1. The van der Waals surface area contributed by atoms with E-state index in [-0.39, 0.29) is 23.7 Å². The molecule has 2 aliphatic heterocycles. The molecule has 1 aliphatic carbocycles. The topological polar surface area (TPSA) is 68.4 Å². The molecule has 1 aromatic heterocycles. The first-order valence-electron chi connectivity index (χ1n) is 11.0. The van der Waals surface area contributed by atoms with E-state index in [4.69, 9.17) is 0 Å². The highest BCUT2D eigenvalue weighted by atomic mass is 19.1. The van der Waals surface area contributed by atoms with E-state index in [2.05, 4.69) is 15.2 Å². The van der Waals surface area contributed by atoms with Gasteiger partial charge in [-0.05, 0) is 56.7 Å². The molecule has 0 radical (unpaired) electrons. The summed E-state index contributed by atoms with van der Waals surface area (Å²) in [7, 11) is 1.92. The zero-order valence-electron chi connectivity index (χ0n) is 17.6. The summed E-state index contributed by atoms with van der Waals surface area (Å²) in [4.78, 5) is 32.5. The number of benzene rings is 1. The van der Waals surface area contributed by atoms with Crippen molar-refractivity contribution in [2.75, 3.05) is 13.6 Å². The molecule has 3 heterocycles. The first-order chi connectivity index (χ1) is 14.4. The Bertz CT molecular complexity index is 963. The van der Waals surface area contributed by atoms with Crippen LogP contribution in [-0.4, -0.2) is 64.4 Å². The van der Waals surface area contributed by atoms with Crippen molar-refractivity contribution in [3.05, 3.63) is 35.3 Å². The van der Waals surface area contributed by atoms with E-state index >= 15 is 0 Å². The van der Waals surface area contributed by atoms with Crippen molar-refractivity contribution < 1.29 is 14.0 Å². The van der Waals surface area contributed by atoms with E-state index in [1.165, 1.54) is 6.07 Å². The lowest BCUT2D eigenvalue weighted by Gasteiger charge is -2.38. The molecule has 160 valence electrons. The molecule has 4 atom stereocenters. The molecule has 2 saturated heterocycles. The number of hydrogen-bond donors (Lipinski definition) is 2. The van der Waals surface area contributed by atoms with Crippen molar-refractivity contribution in [3.8, 4) is 0 Å². The maximum absolute atomic E-state index is 14.1. The van der Waals surface area contributed by atoms with E-state index in [1.807, 2.05) is 18.9 Å². The molecule has 5 rings (SSSR count). The van der Waals surface area contributed by atoms with Gasteiger partial charge in [-0.25, -0.2) is 4.39 Å². The Hall–Kier alpha value is -2.41. The minimum atomic E-state index is -0.316. The molecule has 7 heteroatoms. The normalized spacial score (nSPS) is 29.6. The summed E-state index contributed by atoms with van der Waals surface area (Å²) in [5.74, 6) is -0.245.